The average Bonchev–Trinajstić information content (AvgIpc) is 2.32. The smallest absolute Gasteiger partial charge is 0.253 e. The third kappa shape index (κ3) is 3.78. The van der Waals surface area contributed by atoms with Crippen LogP contribution >= 0.6 is 11.6 Å². The molecule has 0 aliphatic carbocycles. The quantitative estimate of drug-likeness (QED) is 0.629. The molecule has 0 radical (unpaired) electrons. The van der Waals surface area contributed by atoms with E-state index in [0.29, 0.717) is 13.2 Å². The number of methoxy groups -OCH3 is 1. The van der Waals surface area contributed by atoms with Gasteiger partial charge in [0, 0.05) is 26.3 Å². The number of amides is 1. The Hall–Kier alpha value is -1.46. The summed E-state index contributed by atoms with van der Waals surface area (Å²) < 4.78 is 4.88. The predicted molar refractivity (Wildman–Crippen MR) is 68.2 cm³/mol. The van der Waals surface area contributed by atoms with Crippen LogP contribution in [0.4, 0.5) is 0 Å². The molecule has 100 valence electrons. The van der Waals surface area contributed by atoms with Crippen LogP contribution in [0.15, 0.2) is 18.2 Å². The molecule has 1 aromatic carbocycles. The van der Waals surface area contributed by atoms with Gasteiger partial charge in [-0.2, -0.15) is 0 Å². The van der Waals surface area contributed by atoms with E-state index >= 15 is 0 Å². The highest BCUT2D eigenvalue weighted by atomic mass is 35.5. The number of nitrogens with zero attached hydrogens (tertiary/aromatic N) is 1. The highest BCUT2D eigenvalue weighted by Gasteiger charge is 2.16. The number of phenols is 2. The van der Waals surface area contributed by atoms with Gasteiger partial charge in [-0.15, -0.1) is 11.6 Å². The largest absolute Gasteiger partial charge is 0.504 e. The van der Waals surface area contributed by atoms with Crippen molar-refractivity contribution in [2.45, 2.75) is 5.38 Å². The predicted octanol–water partition coefficient (Wildman–Crippen LogP) is 1.42. The number of carbonyl (C=O) groups excluding carboxylic acids is 1. The maximum atomic E-state index is 12.0. The summed E-state index contributed by atoms with van der Waals surface area (Å²) in [6, 6.07) is 3.92. The summed E-state index contributed by atoms with van der Waals surface area (Å²) in [7, 11) is 3.15. The van der Waals surface area contributed by atoms with Crippen molar-refractivity contribution in [3.05, 3.63) is 23.8 Å². The molecule has 1 unspecified atom stereocenters. The number of alkyl halides is 1. The van der Waals surface area contributed by atoms with Gasteiger partial charge in [0.2, 0.25) is 0 Å². The van der Waals surface area contributed by atoms with Crippen molar-refractivity contribution >= 4 is 17.5 Å². The third-order valence-electron chi connectivity index (χ3n) is 2.39. The van der Waals surface area contributed by atoms with Gasteiger partial charge in [-0.25, -0.2) is 0 Å². The molecule has 5 nitrogen and oxygen atoms in total. The molecular weight excluding hydrogens is 258 g/mol. The van der Waals surface area contributed by atoms with Crippen molar-refractivity contribution in [2.75, 3.05) is 27.3 Å². The molecule has 1 amide bonds. The maximum Gasteiger partial charge on any atom is 0.253 e. The van der Waals surface area contributed by atoms with Gasteiger partial charge in [-0.05, 0) is 18.2 Å². The Morgan fingerprint density at radius 1 is 1.44 bits per heavy atom. The number of aromatic hydroxyl groups is 2. The van der Waals surface area contributed by atoms with E-state index in [1.54, 1.807) is 7.05 Å². The van der Waals surface area contributed by atoms with Gasteiger partial charge >= 0.3 is 0 Å². The standard InChI is InChI=1S/C12H16ClNO4/c1-14(6-9(13)7-18-2)12(17)8-3-4-10(15)11(16)5-8/h3-5,9,15-16H,6-7H2,1-2H3. The molecule has 6 heteroatoms. The van der Waals surface area contributed by atoms with Gasteiger partial charge in [0.1, 0.15) is 0 Å². The summed E-state index contributed by atoms with van der Waals surface area (Å²) in [4.78, 5) is 13.4. The summed E-state index contributed by atoms with van der Waals surface area (Å²) in [6.45, 7) is 0.676. The van der Waals surface area contributed by atoms with Crippen LogP contribution in [0.1, 0.15) is 10.4 Å². The van der Waals surface area contributed by atoms with Crippen LogP contribution < -0.4 is 0 Å². The Labute approximate surface area is 111 Å². The van der Waals surface area contributed by atoms with Gasteiger partial charge in [-0.3, -0.25) is 4.79 Å². The van der Waals surface area contributed by atoms with Crippen molar-refractivity contribution in [1.82, 2.24) is 4.90 Å². The number of hydrogen-bond donors (Lipinski definition) is 2. The number of benzene rings is 1. The summed E-state index contributed by atoms with van der Waals surface area (Å²) in [5.41, 5.74) is 0.286. The van der Waals surface area contributed by atoms with E-state index in [1.807, 2.05) is 0 Å². The number of phenolic OH excluding ortho intramolecular Hbond substituents is 2. The lowest BCUT2D eigenvalue weighted by molar-refractivity contribution is 0.0781. The number of carbonyl (C=O) groups is 1. The van der Waals surface area contributed by atoms with E-state index in [4.69, 9.17) is 21.4 Å². The first-order valence-electron chi connectivity index (χ1n) is 5.36. The second-order valence-corrected chi connectivity index (χ2v) is 4.56. The molecule has 0 heterocycles. The van der Waals surface area contributed by atoms with Crippen LogP contribution in [0.5, 0.6) is 11.5 Å². The third-order valence-corrected chi connectivity index (χ3v) is 2.65. The Morgan fingerprint density at radius 2 is 2.11 bits per heavy atom. The monoisotopic (exact) mass is 273 g/mol. The summed E-state index contributed by atoms with van der Waals surface area (Å²) in [6.07, 6.45) is 0. The molecule has 0 aromatic heterocycles. The van der Waals surface area contributed by atoms with E-state index in [9.17, 15) is 9.90 Å². The minimum absolute atomic E-state index is 0.260. The van der Waals surface area contributed by atoms with Crippen LogP contribution in [0.3, 0.4) is 0 Å². The second-order valence-electron chi connectivity index (χ2n) is 3.94. The number of ether oxygens (including phenoxy) is 1. The molecule has 0 aliphatic rings. The van der Waals surface area contributed by atoms with E-state index in [-0.39, 0.29) is 28.3 Å². The van der Waals surface area contributed by atoms with E-state index < -0.39 is 0 Å². The van der Waals surface area contributed by atoms with Crippen molar-refractivity contribution in [2.24, 2.45) is 0 Å². The van der Waals surface area contributed by atoms with Gasteiger partial charge in [0.05, 0.1) is 12.0 Å². The molecule has 0 saturated carbocycles. The Bertz CT molecular complexity index is 425. The average molecular weight is 274 g/mol. The van der Waals surface area contributed by atoms with Crippen LogP contribution in [-0.2, 0) is 4.74 Å². The molecule has 0 spiro atoms. The zero-order chi connectivity index (χ0) is 13.7. The molecule has 1 rings (SSSR count). The first-order valence-corrected chi connectivity index (χ1v) is 5.79. The zero-order valence-electron chi connectivity index (χ0n) is 10.3. The maximum absolute atomic E-state index is 12.0. The normalized spacial score (nSPS) is 12.2. The molecule has 1 atom stereocenters. The Kier molecular flexibility index (Phi) is 5.25. The van der Waals surface area contributed by atoms with Crippen molar-refractivity contribution < 1.29 is 19.7 Å². The molecule has 1 aromatic rings. The van der Waals surface area contributed by atoms with E-state index in [1.165, 1.54) is 30.2 Å². The van der Waals surface area contributed by atoms with Gasteiger partial charge < -0.3 is 19.8 Å². The first kappa shape index (κ1) is 14.6. The lowest BCUT2D eigenvalue weighted by atomic mass is 10.1. The highest BCUT2D eigenvalue weighted by molar-refractivity contribution is 6.21. The van der Waals surface area contributed by atoms with E-state index in [2.05, 4.69) is 0 Å². The van der Waals surface area contributed by atoms with Crippen LogP contribution in [0.2, 0.25) is 0 Å². The molecule has 0 fully saturated rings. The summed E-state index contributed by atoms with van der Waals surface area (Å²) >= 11 is 5.96. The Balaban J connectivity index is 2.71. The fourth-order valence-electron chi connectivity index (χ4n) is 1.49. The van der Waals surface area contributed by atoms with Crippen molar-refractivity contribution in [1.29, 1.82) is 0 Å². The first-order chi connectivity index (χ1) is 8.45. The zero-order valence-corrected chi connectivity index (χ0v) is 11.0. The molecule has 18 heavy (non-hydrogen) atoms. The molecular formula is C12H16ClNO4. The van der Waals surface area contributed by atoms with Crippen LogP contribution in [0.25, 0.3) is 0 Å². The van der Waals surface area contributed by atoms with Gasteiger partial charge in [-0.1, -0.05) is 0 Å². The number of hydrogen-bond acceptors (Lipinski definition) is 4. The van der Waals surface area contributed by atoms with Crippen molar-refractivity contribution in [3.8, 4) is 11.5 Å². The minimum Gasteiger partial charge on any atom is -0.504 e. The summed E-state index contributed by atoms with van der Waals surface area (Å²) in [5, 5.41) is 18.2. The molecule has 0 aliphatic heterocycles. The number of rotatable bonds is 5. The lowest BCUT2D eigenvalue weighted by Gasteiger charge is -2.20. The second kappa shape index (κ2) is 6.47. The SMILES string of the molecule is COCC(Cl)CN(C)C(=O)c1ccc(O)c(O)c1. The molecule has 0 bridgehead atoms. The van der Waals surface area contributed by atoms with Crippen LogP contribution in [0, 0.1) is 0 Å². The molecule has 2 N–H and O–H groups in total. The topological polar surface area (TPSA) is 70.0 Å². The highest BCUT2D eigenvalue weighted by Crippen LogP contribution is 2.25. The lowest BCUT2D eigenvalue weighted by Crippen LogP contribution is -2.33. The van der Waals surface area contributed by atoms with Crippen molar-refractivity contribution in [3.63, 3.8) is 0 Å². The van der Waals surface area contributed by atoms with Gasteiger partial charge in [0.25, 0.3) is 5.91 Å². The fourth-order valence-corrected chi connectivity index (χ4v) is 1.82. The minimum atomic E-state index is -0.325. The fraction of sp³-hybridized carbons (Fsp3) is 0.417. The number of halogens is 1. The molecule has 0 saturated heterocycles. The summed E-state index contributed by atoms with van der Waals surface area (Å²) in [5.74, 6) is -0.871. The van der Waals surface area contributed by atoms with Gasteiger partial charge in [0.15, 0.2) is 11.5 Å². The van der Waals surface area contributed by atoms with Crippen LogP contribution in [-0.4, -0.2) is 53.7 Å². The van der Waals surface area contributed by atoms with E-state index in [0.717, 1.165) is 0 Å². The Morgan fingerprint density at radius 3 is 2.67 bits per heavy atom.